The predicted molar refractivity (Wildman–Crippen MR) is 72.7 cm³/mol. The molecule has 18 heavy (non-hydrogen) atoms. The van der Waals surface area contributed by atoms with E-state index in [0.717, 1.165) is 17.9 Å². The van der Waals surface area contributed by atoms with Crippen molar-refractivity contribution in [2.24, 2.45) is 7.05 Å². The van der Waals surface area contributed by atoms with E-state index in [0.29, 0.717) is 11.4 Å². The first-order valence-electron chi connectivity index (χ1n) is 5.76. The minimum atomic E-state index is 0.639. The fourth-order valence-corrected chi connectivity index (χ4v) is 1.74. The third-order valence-electron chi connectivity index (χ3n) is 3.05. The molecule has 0 bridgehead atoms. The van der Waals surface area contributed by atoms with Gasteiger partial charge in [-0.1, -0.05) is 0 Å². The van der Waals surface area contributed by atoms with Gasteiger partial charge in [0.15, 0.2) is 0 Å². The van der Waals surface area contributed by atoms with Crippen molar-refractivity contribution in [1.29, 1.82) is 0 Å². The van der Waals surface area contributed by atoms with Crippen LogP contribution in [0.25, 0.3) is 0 Å². The number of benzene rings is 1. The van der Waals surface area contributed by atoms with E-state index in [9.17, 15) is 0 Å². The van der Waals surface area contributed by atoms with Crippen LogP contribution < -0.4 is 15.8 Å². The number of hydrogen-bond donors (Lipinski definition) is 2. The highest BCUT2D eigenvalue weighted by Crippen LogP contribution is 2.25. The van der Waals surface area contributed by atoms with Crippen molar-refractivity contribution in [2.45, 2.75) is 13.5 Å². The number of nitrogen functional groups attached to an aromatic ring is 1. The molecule has 1 aromatic carbocycles. The van der Waals surface area contributed by atoms with Gasteiger partial charge in [-0.15, -0.1) is 0 Å². The molecular formula is C13H18N4O. The summed E-state index contributed by atoms with van der Waals surface area (Å²) in [5.41, 5.74) is 9.72. The van der Waals surface area contributed by atoms with Gasteiger partial charge in [-0.3, -0.25) is 4.68 Å². The van der Waals surface area contributed by atoms with Gasteiger partial charge in [0.05, 0.1) is 19.0 Å². The van der Waals surface area contributed by atoms with Crippen LogP contribution >= 0.6 is 0 Å². The SMILES string of the molecule is COc1cc(NCc2cnn(C)c2C)ccc1N. The Hall–Kier alpha value is -2.17. The summed E-state index contributed by atoms with van der Waals surface area (Å²) in [5, 5.41) is 7.54. The van der Waals surface area contributed by atoms with Crippen LogP contribution in [-0.4, -0.2) is 16.9 Å². The van der Waals surface area contributed by atoms with Crippen molar-refractivity contribution in [3.05, 3.63) is 35.7 Å². The van der Waals surface area contributed by atoms with Crippen molar-refractivity contribution in [3.63, 3.8) is 0 Å². The van der Waals surface area contributed by atoms with Gasteiger partial charge in [-0.05, 0) is 19.1 Å². The lowest BCUT2D eigenvalue weighted by molar-refractivity contribution is 0.417. The molecule has 1 aromatic heterocycles. The van der Waals surface area contributed by atoms with Gasteiger partial charge >= 0.3 is 0 Å². The third kappa shape index (κ3) is 2.40. The van der Waals surface area contributed by atoms with E-state index in [1.165, 1.54) is 5.56 Å². The summed E-state index contributed by atoms with van der Waals surface area (Å²) >= 11 is 0. The number of methoxy groups -OCH3 is 1. The minimum absolute atomic E-state index is 0.639. The van der Waals surface area contributed by atoms with Gasteiger partial charge in [0, 0.05) is 36.6 Å². The van der Waals surface area contributed by atoms with Crippen molar-refractivity contribution in [2.75, 3.05) is 18.2 Å². The second-order valence-corrected chi connectivity index (χ2v) is 4.19. The number of aromatic nitrogens is 2. The lowest BCUT2D eigenvalue weighted by Gasteiger charge is -2.09. The van der Waals surface area contributed by atoms with Gasteiger partial charge in [0.25, 0.3) is 0 Å². The minimum Gasteiger partial charge on any atom is -0.495 e. The zero-order valence-electron chi connectivity index (χ0n) is 10.9. The largest absolute Gasteiger partial charge is 0.495 e. The molecule has 0 aliphatic rings. The van der Waals surface area contributed by atoms with E-state index >= 15 is 0 Å². The summed E-state index contributed by atoms with van der Waals surface area (Å²) in [5.74, 6) is 0.683. The number of rotatable bonds is 4. The Kier molecular flexibility index (Phi) is 3.41. The first-order chi connectivity index (χ1) is 8.61. The highest BCUT2D eigenvalue weighted by atomic mass is 16.5. The molecule has 2 aromatic rings. The number of anilines is 2. The fraction of sp³-hybridized carbons (Fsp3) is 0.308. The van der Waals surface area contributed by atoms with E-state index in [-0.39, 0.29) is 0 Å². The van der Waals surface area contributed by atoms with Crippen LogP contribution in [0.1, 0.15) is 11.3 Å². The van der Waals surface area contributed by atoms with Gasteiger partial charge in [-0.2, -0.15) is 5.10 Å². The Morgan fingerprint density at radius 3 is 2.83 bits per heavy atom. The molecular weight excluding hydrogens is 228 g/mol. The average molecular weight is 246 g/mol. The standard InChI is InChI=1S/C13H18N4O/c1-9-10(8-16-17(9)2)7-15-11-4-5-12(14)13(6-11)18-3/h4-6,8,15H,7,14H2,1-3H3. The third-order valence-corrected chi connectivity index (χ3v) is 3.05. The highest BCUT2D eigenvalue weighted by Gasteiger charge is 2.04. The van der Waals surface area contributed by atoms with Gasteiger partial charge in [-0.25, -0.2) is 0 Å². The summed E-state index contributed by atoms with van der Waals surface area (Å²) in [6, 6.07) is 5.65. The maximum atomic E-state index is 5.77. The van der Waals surface area contributed by atoms with Crippen LogP contribution in [0, 0.1) is 6.92 Å². The van der Waals surface area contributed by atoms with E-state index in [4.69, 9.17) is 10.5 Å². The smallest absolute Gasteiger partial charge is 0.143 e. The predicted octanol–water partition coefficient (Wildman–Crippen LogP) is 1.93. The number of hydrogen-bond acceptors (Lipinski definition) is 4. The fourth-order valence-electron chi connectivity index (χ4n) is 1.74. The monoisotopic (exact) mass is 246 g/mol. The molecule has 0 saturated carbocycles. The molecule has 0 spiro atoms. The summed E-state index contributed by atoms with van der Waals surface area (Å²) in [7, 11) is 3.55. The molecule has 0 atom stereocenters. The molecule has 3 N–H and O–H groups in total. The van der Waals surface area contributed by atoms with Crippen molar-refractivity contribution >= 4 is 11.4 Å². The first-order valence-corrected chi connectivity index (χ1v) is 5.76. The maximum Gasteiger partial charge on any atom is 0.143 e. The van der Waals surface area contributed by atoms with Crippen molar-refractivity contribution in [3.8, 4) is 5.75 Å². The van der Waals surface area contributed by atoms with Crippen molar-refractivity contribution in [1.82, 2.24) is 9.78 Å². The maximum absolute atomic E-state index is 5.77. The molecule has 0 fully saturated rings. The number of nitrogens with two attached hydrogens (primary N) is 1. The van der Waals surface area contributed by atoms with E-state index in [1.807, 2.05) is 43.0 Å². The molecule has 0 saturated heterocycles. The van der Waals surface area contributed by atoms with Gasteiger partial charge in [0.1, 0.15) is 5.75 Å². The Morgan fingerprint density at radius 2 is 2.22 bits per heavy atom. The molecule has 0 aliphatic heterocycles. The molecule has 5 nitrogen and oxygen atoms in total. The molecule has 0 amide bonds. The number of ether oxygens (including phenoxy) is 1. The summed E-state index contributed by atoms with van der Waals surface area (Å²) in [6.07, 6.45) is 1.87. The normalized spacial score (nSPS) is 10.4. The first kappa shape index (κ1) is 12.3. The van der Waals surface area contributed by atoms with Crippen LogP contribution in [0.15, 0.2) is 24.4 Å². The Balaban J connectivity index is 2.08. The summed E-state index contributed by atoms with van der Waals surface area (Å²) in [6.45, 7) is 2.78. The number of aryl methyl sites for hydroxylation is 1. The molecule has 2 rings (SSSR count). The Labute approximate surface area is 107 Å². The quantitative estimate of drug-likeness (QED) is 0.809. The number of nitrogens with one attached hydrogen (secondary N) is 1. The second kappa shape index (κ2) is 5.00. The highest BCUT2D eigenvalue weighted by molar-refractivity contribution is 5.61. The molecule has 1 heterocycles. The summed E-state index contributed by atoms with van der Waals surface area (Å²) < 4.78 is 7.05. The van der Waals surface area contributed by atoms with Crippen LogP contribution in [0.4, 0.5) is 11.4 Å². The van der Waals surface area contributed by atoms with Crippen LogP contribution in [-0.2, 0) is 13.6 Å². The van der Waals surface area contributed by atoms with Gasteiger partial charge < -0.3 is 15.8 Å². The summed E-state index contributed by atoms with van der Waals surface area (Å²) in [4.78, 5) is 0. The van der Waals surface area contributed by atoms with E-state index < -0.39 is 0 Å². The molecule has 0 radical (unpaired) electrons. The average Bonchev–Trinajstić information content (AvgIpc) is 2.69. The molecule has 5 heteroatoms. The van der Waals surface area contributed by atoms with E-state index in [2.05, 4.69) is 10.4 Å². The molecule has 0 aliphatic carbocycles. The van der Waals surface area contributed by atoms with Crippen LogP contribution in [0.2, 0.25) is 0 Å². The number of nitrogens with zero attached hydrogens (tertiary/aromatic N) is 2. The zero-order chi connectivity index (χ0) is 13.1. The second-order valence-electron chi connectivity index (χ2n) is 4.19. The molecule has 96 valence electrons. The van der Waals surface area contributed by atoms with Crippen LogP contribution in [0.3, 0.4) is 0 Å². The van der Waals surface area contributed by atoms with Gasteiger partial charge in [0.2, 0.25) is 0 Å². The Bertz CT molecular complexity index is 548. The Morgan fingerprint density at radius 1 is 1.44 bits per heavy atom. The topological polar surface area (TPSA) is 65.1 Å². The lowest BCUT2D eigenvalue weighted by atomic mass is 10.2. The zero-order valence-corrected chi connectivity index (χ0v) is 10.9. The van der Waals surface area contributed by atoms with Crippen molar-refractivity contribution < 1.29 is 4.74 Å². The lowest BCUT2D eigenvalue weighted by Crippen LogP contribution is -2.02. The van der Waals surface area contributed by atoms with E-state index in [1.54, 1.807) is 7.11 Å². The van der Waals surface area contributed by atoms with Crippen LogP contribution in [0.5, 0.6) is 5.75 Å². The molecule has 0 unspecified atom stereocenters.